The van der Waals surface area contributed by atoms with Gasteiger partial charge in [0.05, 0.1) is 0 Å². The summed E-state index contributed by atoms with van der Waals surface area (Å²) in [5.41, 5.74) is 0.764. The van der Waals surface area contributed by atoms with Gasteiger partial charge in [0.1, 0.15) is 6.67 Å². The number of halogens is 1. The van der Waals surface area contributed by atoms with E-state index in [0.717, 1.165) is 17.0 Å². The van der Waals surface area contributed by atoms with E-state index in [4.69, 9.17) is 10.1 Å². The van der Waals surface area contributed by atoms with Gasteiger partial charge in [0, 0.05) is 25.4 Å². The van der Waals surface area contributed by atoms with Gasteiger partial charge in [-0.15, -0.1) is 4.58 Å². The molecule has 0 saturated heterocycles. The third-order valence-corrected chi connectivity index (χ3v) is 5.25. The highest BCUT2D eigenvalue weighted by Crippen LogP contribution is 2.31. The monoisotopic (exact) mass is 482 g/mol. The molecule has 0 saturated carbocycles. The van der Waals surface area contributed by atoms with Gasteiger partial charge in [0.25, 0.3) is 23.3 Å². The minimum absolute atomic E-state index is 0.0451. The Hall–Kier alpha value is -4.41. The summed E-state index contributed by atoms with van der Waals surface area (Å²) in [4.78, 5) is 42.6. The van der Waals surface area contributed by atoms with Crippen LogP contribution in [-0.4, -0.2) is 71.4 Å². The molecule has 0 spiro atoms. The van der Waals surface area contributed by atoms with Crippen molar-refractivity contribution < 1.29 is 33.2 Å². The molecule has 10 nitrogen and oxygen atoms in total. The molecule has 0 radical (unpaired) electrons. The summed E-state index contributed by atoms with van der Waals surface area (Å²) < 4.78 is 19.7. The van der Waals surface area contributed by atoms with Crippen molar-refractivity contribution in [3.8, 4) is 0 Å². The van der Waals surface area contributed by atoms with E-state index in [2.05, 4.69) is 22.2 Å². The number of hydrogen-bond acceptors (Lipinski definition) is 7. The van der Waals surface area contributed by atoms with Crippen LogP contribution in [0.15, 0.2) is 76.5 Å². The Kier molecular flexibility index (Phi) is 8.03. The predicted octanol–water partition coefficient (Wildman–Crippen LogP) is 1.30. The molecule has 3 heterocycles. The highest BCUT2D eigenvalue weighted by molar-refractivity contribution is 6.52. The fraction of sp³-hybridized carbons (Fsp3) is 0.250. The van der Waals surface area contributed by atoms with Gasteiger partial charge in [-0.2, -0.15) is 0 Å². The molecule has 3 aliphatic heterocycles. The number of aliphatic hydroxyl groups is 1. The topological polar surface area (TPSA) is 144 Å². The molecule has 1 unspecified atom stereocenters. The van der Waals surface area contributed by atoms with Gasteiger partial charge >= 0.3 is 5.91 Å². The van der Waals surface area contributed by atoms with E-state index in [1.807, 2.05) is 0 Å². The number of nitrogens with one attached hydrogen (secondary N) is 3. The van der Waals surface area contributed by atoms with E-state index in [9.17, 15) is 23.9 Å². The number of aliphatic hydroxyl groups excluding tert-OH is 1. The third-order valence-electron chi connectivity index (χ3n) is 5.25. The van der Waals surface area contributed by atoms with Crippen molar-refractivity contribution in [3.05, 3.63) is 71.5 Å². The van der Waals surface area contributed by atoms with Gasteiger partial charge in [-0.1, -0.05) is 30.9 Å². The van der Waals surface area contributed by atoms with Gasteiger partial charge < -0.3 is 25.9 Å². The van der Waals surface area contributed by atoms with Crippen molar-refractivity contribution in [3.63, 3.8) is 0 Å². The number of alkyl halides is 1. The normalized spacial score (nSPS) is 19.4. The first-order chi connectivity index (χ1) is 16.9. The second kappa shape index (κ2) is 11.1. The number of allylic oxidation sites excluding steroid dienone is 6. The molecular weight excluding hydrogens is 457 g/mol. The highest BCUT2D eigenvalue weighted by atomic mass is 19.1. The third kappa shape index (κ3) is 5.08. The Labute approximate surface area is 200 Å². The van der Waals surface area contributed by atoms with Gasteiger partial charge in [-0.25, -0.2) is 14.2 Å². The summed E-state index contributed by atoms with van der Waals surface area (Å²) >= 11 is 0. The summed E-state index contributed by atoms with van der Waals surface area (Å²) in [6.07, 6.45) is 9.26. The van der Waals surface area contributed by atoms with E-state index in [1.54, 1.807) is 12.2 Å². The van der Waals surface area contributed by atoms with Crippen LogP contribution in [0.5, 0.6) is 0 Å². The summed E-state index contributed by atoms with van der Waals surface area (Å²) in [5, 5.41) is 22.8. The SMILES string of the molecule is C=CC=C(C=CCF)CC1=CN=C2C(O)=C(C(=O)NCCC=N)C(=O)[N+]3=C2C1OC(C(=O)NC)=C3. The molecule has 3 amide bonds. The van der Waals surface area contributed by atoms with Crippen molar-refractivity contribution in [1.82, 2.24) is 10.6 Å². The number of amides is 3. The van der Waals surface area contributed by atoms with Crippen LogP contribution in [0.4, 0.5) is 4.39 Å². The second-order valence-electron chi connectivity index (χ2n) is 7.50. The molecular formula is C24H25FN5O5+. The lowest BCUT2D eigenvalue weighted by atomic mass is 9.89. The van der Waals surface area contributed by atoms with Crippen molar-refractivity contribution in [2.24, 2.45) is 4.99 Å². The zero-order valence-corrected chi connectivity index (χ0v) is 19.0. The molecule has 0 aromatic rings. The highest BCUT2D eigenvalue weighted by Gasteiger charge is 2.52. The summed E-state index contributed by atoms with van der Waals surface area (Å²) in [7, 11) is 1.40. The molecule has 0 bridgehead atoms. The zero-order valence-electron chi connectivity index (χ0n) is 19.0. The van der Waals surface area contributed by atoms with Crippen LogP contribution in [0, 0.1) is 5.41 Å². The molecule has 11 heteroatoms. The first kappa shape index (κ1) is 25.2. The van der Waals surface area contributed by atoms with E-state index >= 15 is 0 Å². The molecule has 182 valence electrons. The predicted molar refractivity (Wildman–Crippen MR) is 127 cm³/mol. The molecule has 4 N–H and O–H groups in total. The molecule has 35 heavy (non-hydrogen) atoms. The number of hydrogen-bond donors (Lipinski definition) is 4. The number of carbonyl (C=O) groups is 3. The lowest BCUT2D eigenvalue weighted by Crippen LogP contribution is -2.52. The summed E-state index contributed by atoms with van der Waals surface area (Å²) in [6, 6.07) is 0. The average molecular weight is 482 g/mol. The van der Waals surface area contributed by atoms with Crippen LogP contribution in [0.1, 0.15) is 12.8 Å². The second-order valence-corrected chi connectivity index (χ2v) is 7.50. The minimum Gasteiger partial charge on any atom is -0.504 e. The smallest absolute Gasteiger partial charge is 0.434 e. The molecule has 3 rings (SSSR count). The van der Waals surface area contributed by atoms with Crippen molar-refractivity contribution in [2.75, 3.05) is 20.3 Å². The largest absolute Gasteiger partial charge is 0.504 e. The first-order valence-electron chi connectivity index (χ1n) is 10.7. The Morgan fingerprint density at radius 1 is 1.40 bits per heavy atom. The number of rotatable bonds is 10. The lowest BCUT2D eigenvalue weighted by molar-refractivity contribution is -0.385. The van der Waals surface area contributed by atoms with Crippen LogP contribution in [-0.2, 0) is 19.1 Å². The number of likely N-dealkylation sites (N-methyl/N-ethyl adjacent to an activating group) is 1. The van der Waals surface area contributed by atoms with E-state index in [1.165, 1.54) is 25.4 Å². The zero-order chi connectivity index (χ0) is 25.5. The molecule has 0 aromatic heterocycles. The maximum absolute atomic E-state index is 13.3. The fourth-order valence-electron chi connectivity index (χ4n) is 3.67. The van der Waals surface area contributed by atoms with Gasteiger partial charge in [-0.05, 0) is 24.6 Å². The molecule has 0 aromatic carbocycles. The molecule has 0 aliphatic carbocycles. The average Bonchev–Trinajstić information content (AvgIpc) is 2.85. The van der Waals surface area contributed by atoms with Gasteiger partial charge in [0.15, 0.2) is 17.0 Å². The van der Waals surface area contributed by atoms with E-state index < -0.39 is 41.8 Å². The van der Waals surface area contributed by atoms with E-state index in [-0.39, 0.29) is 36.6 Å². The maximum atomic E-state index is 13.3. The van der Waals surface area contributed by atoms with Crippen LogP contribution < -0.4 is 10.6 Å². The molecule has 1 atom stereocenters. The Morgan fingerprint density at radius 3 is 2.83 bits per heavy atom. The number of ether oxygens (including phenoxy) is 1. The molecule has 3 aliphatic rings. The Bertz CT molecular complexity index is 1200. The number of aliphatic imine (C=N–C) groups is 1. The molecule has 0 fully saturated rings. The van der Waals surface area contributed by atoms with Crippen LogP contribution in [0.3, 0.4) is 0 Å². The van der Waals surface area contributed by atoms with Gasteiger partial charge in [0.2, 0.25) is 12.3 Å². The maximum Gasteiger partial charge on any atom is 0.434 e. The van der Waals surface area contributed by atoms with Crippen molar-refractivity contribution in [1.29, 1.82) is 5.41 Å². The van der Waals surface area contributed by atoms with Crippen molar-refractivity contribution in [2.45, 2.75) is 18.9 Å². The Balaban J connectivity index is 2.12. The standard InChI is InChI=1S/C24H24FN5O5/c1-3-6-14(7-4-8-25)11-15-12-29-18-19-21(15)35-16(22(32)27-2)13-30(19)24(34)17(20(18)31)23(33)28-10-5-9-26/h3-4,6-7,9,12-13,21,26H,1,5,8,10-11H2,2H3,(H2-,27,28,31,32,33,34)/p+1. The fourth-order valence-corrected chi connectivity index (χ4v) is 3.67. The van der Waals surface area contributed by atoms with Gasteiger partial charge in [-0.3, -0.25) is 9.59 Å². The number of carbonyl (C=O) groups excluding carboxylic acids is 3. The van der Waals surface area contributed by atoms with Crippen LogP contribution in [0.25, 0.3) is 0 Å². The van der Waals surface area contributed by atoms with E-state index in [0.29, 0.717) is 11.1 Å². The quantitative estimate of drug-likeness (QED) is 0.122. The number of nitrogens with zero attached hydrogens (tertiary/aromatic N) is 2. The van der Waals surface area contributed by atoms with Crippen LogP contribution >= 0.6 is 0 Å². The Morgan fingerprint density at radius 2 is 2.17 bits per heavy atom. The lowest BCUT2D eigenvalue weighted by Gasteiger charge is -2.29. The summed E-state index contributed by atoms with van der Waals surface area (Å²) in [6.45, 7) is 3.08. The minimum atomic E-state index is -0.986. The van der Waals surface area contributed by atoms with Crippen molar-refractivity contribution >= 4 is 35.4 Å². The van der Waals surface area contributed by atoms with Crippen LogP contribution in [0.2, 0.25) is 0 Å². The summed E-state index contributed by atoms with van der Waals surface area (Å²) in [5.74, 6) is -3.10. The first-order valence-corrected chi connectivity index (χ1v) is 10.7.